The number of benzene rings is 1. The standard InChI is InChI=1S/C9H6Cl3N3O/c10-9(11,12)16-8-3-1-7(2-4-8)15-14-6-5-13/h1-4H,6H2. The van der Waals surface area contributed by atoms with Crippen molar-refractivity contribution in [2.24, 2.45) is 10.2 Å². The van der Waals surface area contributed by atoms with Crippen molar-refractivity contribution >= 4 is 40.5 Å². The van der Waals surface area contributed by atoms with Crippen LogP contribution in [-0.2, 0) is 0 Å². The molecule has 0 aliphatic rings. The van der Waals surface area contributed by atoms with Crippen molar-refractivity contribution < 1.29 is 4.74 Å². The number of nitriles is 1. The van der Waals surface area contributed by atoms with E-state index in [1.807, 2.05) is 6.07 Å². The number of azo groups is 1. The smallest absolute Gasteiger partial charge is 0.338 e. The first kappa shape index (κ1) is 13.0. The maximum Gasteiger partial charge on any atom is 0.338 e. The number of alkyl halides is 3. The molecule has 0 heterocycles. The van der Waals surface area contributed by atoms with Gasteiger partial charge in [-0.1, -0.05) is 0 Å². The fourth-order valence-electron chi connectivity index (χ4n) is 0.863. The van der Waals surface area contributed by atoms with Crippen molar-refractivity contribution in [2.45, 2.75) is 3.98 Å². The van der Waals surface area contributed by atoms with E-state index in [2.05, 4.69) is 10.2 Å². The fraction of sp³-hybridized carbons (Fsp3) is 0.222. The molecular formula is C9H6Cl3N3O. The first-order valence-corrected chi connectivity index (χ1v) is 5.25. The van der Waals surface area contributed by atoms with E-state index in [-0.39, 0.29) is 6.54 Å². The van der Waals surface area contributed by atoms with Crippen LogP contribution in [0.15, 0.2) is 34.5 Å². The summed E-state index contributed by atoms with van der Waals surface area (Å²) < 4.78 is 3.17. The summed E-state index contributed by atoms with van der Waals surface area (Å²) in [5, 5.41) is 15.6. The minimum Gasteiger partial charge on any atom is -0.446 e. The third-order valence-corrected chi connectivity index (χ3v) is 1.63. The van der Waals surface area contributed by atoms with Gasteiger partial charge in [-0.25, -0.2) is 0 Å². The summed E-state index contributed by atoms with van der Waals surface area (Å²) in [6.07, 6.45) is 0. The van der Waals surface area contributed by atoms with E-state index in [1.54, 1.807) is 24.3 Å². The van der Waals surface area contributed by atoms with Gasteiger partial charge in [0, 0.05) is 0 Å². The molecular weight excluding hydrogens is 272 g/mol. The molecule has 0 N–H and O–H groups in total. The molecule has 0 aliphatic heterocycles. The van der Waals surface area contributed by atoms with Crippen molar-refractivity contribution in [3.05, 3.63) is 24.3 Å². The van der Waals surface area contributed by atoms with Crippen molar-refractivity contribution in [1.29, 1.82) is 5.26 Å². The van der Waals surface area contributed by atoms with Gasteiger partial charge < -0.3 is 4.74 Å². The predicted octanol–water partition coefficient (Wildman–Crippen LogP) is 4.00. The van der Waals surface area contributed by atoms with Crippen LogP contribution in [-0.4, -0.2) is 10.5 Å². The van der Waals surface area contributed by atoms with Gasteiger partial charge in [-0.3, -0.25) is 0 Å². The Morgan fingerprint density at radius 2 is 1.88 bits per heavy atom. The van der Waals surface area contributed by atoms with Crippen LogP contribution in [0.4, 0.5) is 5.69 Å². The number of hydrogen-bond acceptors (Lipinski definition) is 4. The highest BCUT2D eigenvalue weighted by atomic mass is 35.6. The van der Waals surface area contributed by atoms with Gasteiger partial charge in [0.25, 0.3) is 0 Å². The SMILES string of the molecule is N#CCN=Nc1ccc(OC(Cl)(Cl)Cl)cc1. The lowest BCUT2D eigenvalue weighted by Crippen LogP contribution is -2.12. The Labute approximate surface area is 107 Å². The van der Waals surface area contributed by atoms with E-state index in [9.17, 15) is 0 Å². The molecule has 7 heteroatoms. The lowest BCUT2D eigenvalue weighted by molar-refractivity contribution is 0.320. The Bertz CT molecular complexity index is 405. The average molecular weight is 279 g/mol. The van der Waals surface area contributed by atoms with Crippen molar-refractivity contribution in [1.82, 2.24) is 0 Å². The van der Waals surface area contributed by atoms with Gasteiger partial charge >= 0.3 is 3.98 Å². The Morgan fingerprint density at radius 1 is 1.25 bits per heavy atom. The molecule has 0 spiro atoms. The van der Waals surface area contributed by atoms with Crippen LogP contribution in [0.3, 0.4) is 0 Å². The number of hydrogen-bond donors (Lipinski definition) is 0. The molecule has 0 bridgehead atoms. The van der Waals surface area contributed by atoms with E-state index < -0.39 is 3.98 Å². The minimum absolute atomic E-state index is 0.0202. The molecule has 84 valence electrons. The molecule has 1 rings (SSSR count). The quantitative estimate of drug-likeness (QED) is 0.476. The molecule has 0 radical (unpaired) electrons. The summed E-state index contributed by atoms with van der Waals surface area (Å²) in [6.45, 7) is 0.0202. The third-order valence-electron chi connectivity index (χ3n) is 1.40. The molecule has 16 heavy (non-hydrogen) atoms. The molecule has 0 saturated heterocycles. The summed E-state index contributed by atoms with van der Waals surface area (Å²) in [5.74, 6) is 0.402. The van der Waals surface area contributed by atoms with E-state index in [1.165, 1.54) is 0 Å². The summed E-state index contributed by atoms with van der Waals surface area (Å²) in [6, 6.07) is 8.28. The Hall–Kier alpha value is -1.02. The summed E-state index contributed by atoms with van der Waals surface area (Å²) in [5.41, 5.74) is 0.590. The number of halogens is 3. The van der Waals surface area contributed by atoms with E-state index >= 15 is 0 Å². The van der Waals surface area contributed by atoms with Gasteiger partial charge in [0.15, 0.2) is 0 Å². The lowest BCUT2D eigenvalue weighted by Gasteiger charge is -2.13. The predicted molar refractivity (Wildman–Crippen MR) is 62.4 cm³/mol. The topological polar surface area (TPSA) is 57.7 Å². The Morgan fingerprint density at radius 3 is 2.38 bits per heavy atom. The molecule has 1 aromatic carbocycles. The first-order valence-electron chi connectivity index (χ1n) is 4.11. The molecule has 0 saturated carbocycles. The molecule has 0 amide bonds. The molecule has 0 aromatic heterocycles. The van der Waals surface area contributed by atoms with Crippen molar-refractivity contribution in [3.8, 4) is 11.8 Å². The molecule has 0 atom stereocenters. The zero-order chi connectivity index (χ0) is 12.0. The van der Waals surface area contributed by atoms with Gasteiger partial charge in [0.1, 0.15) is 12.3 Å². The number of nitrogens with zero attached hydrogens (tertiary/aromatic N) is 3. The van der Waals surface area contributed by atoms with Gasteiger partial charge in [-0.05, 0) is 59.1 Å². The minimum atomic E-state index is -1.79. The van der Waals surface area contributed by atoms with Gasteiger partial charge in [-0.15, -0.1) is 0 Å². The number of ether oxygens (including phenoxy) is 1. The monoisotopic (exact) mass is 277 g/mol. The second-order valence-electron chi connectivity index (χ2n) is 2.60. The molecule has 4 nitrogen and oxygen atoms in total. The average Bonchev–Trinajstić information content (AvgIpc) is 2.19. The van der Waals surface area contributed by atoms with Crippen molar-refractivity contribution in [3.63, 3.8) is 0 Å². The molecule has 1 aromatic rings. The lowest BCUT2D eigenvalue weighted by atomic mass is 10.3. The van der Waals surface area contributed by atoms with Gasteiger partial charge in [-0.2, -0.15) is 15.5 Å². The second-order valence-corrected chi connectivity index (χ2v) is 4.78. The van der Waals surface area contributed by atoms with Crippen LogP contribution in [0.5, 0.6) is 5.75 Å². The van der Waals surface area contributed by atoms with Crippen LogP contribution >= 0.6 is 34.8 Å². The summed E-state index contributed by atoms with van der Waals surface area (Å²) in [7, 11) is 0. The van der Waals surface area contributed by atoms with Crippen LogP contribution in [0.2, 0.25) is 0 Å². The van der Waals surface area contributed by atoms with Gasteiger partial charge in [0.2, 0.25) is 0 Å². The third kappa shape index (κ3) is 5.17. The highest BCUT2D eigenvalue weighted by Crippen LogP contribution is 2.30. The van der Waals surface area contributed by atoms with Crippen LogP contribution in [0.25, 0.3) is 0 Å². The Balaban J connectivity index is 2.65. The largest absolute Gasteiger partial charge is 0.446 e. The van der Waals surface area contributed by atoms with E-state index in [0.29, 0.717) is 11.4 Å². The van der Waals surface area contributed by atoms with Crippen LogP contribution < -0.4 is 4.74 Å². The normalized spacial score (nSPS) is 11.4. The fourth-order valence-corrected chi connectivity index (χ4v) is 1.13. The summed E-state index contributed by atoms with van der Waals surface area (Å²) >= 11 is 16.3. The van der Waals surface area contributed by atoms with Crippen molar-refractivity contribution in [2.75, 3.05) is 6.54 Å². The summed E-state index contributed by atoms with van der Waals surface area (Å²) in [4.78, 5) is 0. The molecule has 0 fully saturated rings. The van der Waals surface area contributed by atoms with Gasteiger partial charge in [0.05, 0.1) is 11.8 Å². The highest BCUT2D eigenvalue weighted by molar-refractivity contribution is 6.66. The molecule has 0 unspecified atom stereocenters. The molecule has 0 aliphatic carbocycles. The maximum atomic E-state index is 8.25. The first-order chi connectivity index (χ1) is 7.51. The maximum absolute atomic E-state index is 8.25. The van der Waals surface area contributed by atoms with E-state index in [4.69, 9.17) is 44.8 Å². The van der Waals surface area contributed by atoms with Crippen LogP contribution in [0, 0.1) is 11.3 Å². The zero-order valence-corrected chi connectivity index (χ0v) is 10.2. The van der Waals surface area contributed by atoms with E-state index in [0.717, 1.165) is 0 Å². The van der Waals surface area contributed by atoms with Crippen LogP contribution in [0.1, 0.15) is 0 Å². The second kappa shape index (κ2) is 5.90. The Kier molecular flexibility index (Phi) is 4.81. The highest BCUT2D eigenvalue weighted by Gasteiger charge is 2.21. The zero-order valence-electron chi connectivity index (χ0n) is 7.90. The number of rotatable bonds is 3.